The van der Waals surface area contributed by atoms with E-state index >= 15 is 0 Å². The molecule has 2 fully saturated rings. The van der Waals surface area contributed by atoms with Crippen LogP contribution in [0.25, 0.3) is 0 Å². The highest BCUT2D eigenvalue weighted by atomic mass is 16.6. The second-order valence-corrected chi connectivity index (χ2v) is 7.97. The maximum Gasteiger partial charge on any atom is 0.270 e. The first-order valence-corrected chi connectivity index (χ1v) is 10.2. The Morgan fingerprint density at radius 1 is 0.912 bits per heavy atom. The summed E-state index contributed by atoms with van der Waals surface area (Å²) in [6.45, 7) is 0. The molecule has 170 valence electrons. The average Bonchev–Trinajstić information content (AvgIpc) is 3.31. The minimum Gasteiger partial charge on any atom is -0.292 e. The molecule has 3 heterocycles. The van der Waals surface area contributed by atoms with Gasteiger partial charge in [-0.2, -0.15) is 5.10 Å². The summed E-state index contributed by atoms with van der Waals surface area (Å²) < 4.78 is 0. The fourth-order valence-electron chi connectivity index (χ4n) is 4.76. The van der Waals surface area contributed by atoms with Crippen molar-refractivity contribution in [1.29, 1.82) is 0 Å². The Labute approximate surface area is 191 Å². The van der Waals surface area contributed by atoms with Crippen molar-refractivity contribution in [3.63, 3.8) is 0 Å². The van der Waals surface area contributed by atoms with Gasteiger partial charge < -0.3 is 0 Å². The highest BCUT2D eigenvalue weighted by Gasteiger charge is 2.64. The smallest absolute Gasteiger partial charge is 0.270 e. The number of nitro groups is 2. The summed E-state index contributed by atoms with van der Waals surface area (Å²) in [7, 11) is 0. The minimum atomic E-state index is -1.15. The summed E-state index contributed by atoms with van der Waals surface area (Å²) in [5.41, 5.74) is -0.290. The van der Waals surface area contributed by atoms with Gasteiger partial charge >= 0.3 is 0 Å². The molecule has 2 aromatic carbocycles. The van der Waals surface area contributed by atoms with Crippen molar-refractivity contribution < 1.29 is 24.2 Å². The summed E-state index contributed by atoms with van der Waals surface area (Å²) in [4.78, 5) is 62.2. The number of non-ortho nitro benzene ring substituents is 2. The number of fused-ring (bicyclic) bond motifs is 3. The van der Waals surface area contributed by atoms with Gasteiger partial charge in [0.05, 0.1) is 33.4 Å². The van der Waals surface area contributed by atoms with Gasteiger partial charge in [0.1, 0.15) is 6.04 Å². The molecular formula is C22H15N5O7. The number of anilines is 1. The highest BCUT2D eigenvalue weighted by molar-refractivity contribution is 6.24. The lowest BCUT2D eigenvalue weighted by Crippen LogP contribution is -2.46. The predicted molar refractivity (Wildman–Crippen MR) is 117 cm³/mol. The van der Waals surface area contributed by atoms with Crippen LogP contribution in [0.2, 0.25) is 0 Å². The average molecular weight is 461 g/mol. The molecule has 2 amide bonds. The zero-order chi connectivity index (χ0) is 24.1. The Kier molecular flexibility index (Phi) is 4.78. The van der Waals surface area contributed by atoms with E-state index in [9.17, 15) is 34.6 Å². The van der Waals surface area contributed by atoms with Crippen molar-refractivity contribution in [2.24, 2.45) is 16.9 Å². The molecule has 5 rings (SSSR count). The van der Waals surface area contributed by atoms with E-state index in [1.54, 1.807) is 12.2 Å². The van der Waals surface area contributed by atoms with Crippen LogP contribution in [0, 0.1) is 32.1 Å². The van der Waals surface area contributed by atoms with Crippen molar-refractivity contribution in [2.45, 2.75) is 12.1 Å². The van der Waals surface area contributed by atoms with Gasteiger partial charge in [-0.25, -0.2) is 4.90 Å². The van der Waals surface area contributed by atoms with Gasteiger partial charge in [-0.05, 0) is 18.2 Å². The summed E-state index contributed by atoms with van der Waals surface area (Å²) in [6.07, 6.45) is 4.73. The lowest BCUT2D eigenvalue weighted by molar-refractivity contribution is -0.385. The molecule has 3 aliphatic rings. The number of nitrogens with zero attached hydrogens (tertiary/aromatic N) is 5. The Morgan fingerprint density at radius 2 is 1.59 bits per heavy atom. The maximum atomic E-state index is 13.5. The standard InChI is InChI=1S/C22H15N5O7/c28-20(12-3-1-4-15(11-12)27(33)34)19-18-17(16-5-2-10-23-25(16)19)21(29)24(22(18)30)13-6-8-14(9-7-13)26(31)32/h1-11,16-19H. The molecule has 2 aromatic rings. The second-order valence-electron chi connectivity index (χ2n) is 7.97. The largest absolute Gasteiger partial charge is 0.292 e. The van der Waals surface area contributed by atoms with Gasteiger partial charge in [0.2, 0.25) is 11.8 Å². The summed E-state index contributed by atoms with van der Waals surface area (Å²) in [6, 6.07) is 8.33. The predicted octanol–water partition coefficient (Wildman–Crippen LogP) is 2.10. The first-order chi connectivity index (χ1) is 16.3. The van der Waals surface area contributed by atoms with E-state index in [1.165, 1.54) is 53.7 Å². The number of hydrogen-bond acceptors (Lipinski definition) is 9. The Hall–Kier alpha value is -4.74. The van der Waals surface area contributed by atoms with E-state index in [4.69, 9.17) is 0 Å². The van der Waals surface area contributed by atoms with Gasteiger partial charge in [-0.15, -0.1) is 0 Å². The van der Waals surface area contributed by atoms with Gasteiger partial charge in [0, 0.05) is 36.0 Å². The van der Waals surface area contributed by atoms with Crippen molar-refractivity contribution >= 4 is 40.9 Å². The van der Waals surface area contributed by atoms with Crippen molar-refractivity contribution in [3.05, 3.63) is 86.5 Å². The molecule has 0 spiro atoms. The second kappa shape index (κ2) is 7.69. The third-order valence-corrected chi connectivity index (χ3v) is 6.22. The Balaban J connectivity index is 1.55. The molecule has 3 aliphatic heterocycles. The van der Waals surface area contributed by atoms with Crippen LogP contribution in [-0.2, 0) is 9.59 Å². The Bertz CT molecular complexity index is 1320. The van der Waals surface area contributed by atoms with E-state index in [0.29, 0.717) is 0 Å². The van der Waals surface area contributed by atoms with E-state index in [0.717, 1.165) is 11.0 Å². The number of nitro benzene ring substituents is 2. The molecular weight excluding hydrogens is 446 g/mol. The topological polar surface area (TPSA) is 156 Å². The number of hydrogen-bond donors (Lipinski definition) is 0. The van der Waals surface area contributed by atoms with E-state index < -0.39 is 51.4 Å². The van der Waals surface area contributed by atoms with Crippen LogP contribution in [0.4, 0.5) is 17.1 Å². The fraction of sp³-hybridized carbons (Fsp3) is 0.182. The molecule has 0 N–H and O–H groups in total. The van der Waals surface area contributed by atoms with Crippen molar-refractivity contribution in [2.75, 3.05) is 4.90 Å². The normalized spacial score (nSPS) is 24.8. The van der Waals surface area contributed by atoms with Crippen LogP contribution in [0.1, 0.15) is 10.4 Å². The molecule has 0 saturated carbocycles. The zero-order valence-electron chi connectivity index (χ0n) is 17.3. The summed E-state index contributed by atoms with van der Waals surface area (Å²) in [5, 5.41) is 27.8. The summed E-state index contributed by atoms with van der Waals surface area (Å²) >= 11 is 0. The third kappa shape index (κ3) is 3.07. The molecule has 4 unspecified atom stereocenters. The first kappa shape index (κ1) is 21.1. The molecule has 0 bridgehead atoms. The molecule has 0 aromatic heterocycles. The maximum absolute atomic E-state index is 13.5. The quantitative estimate of drug-likeness (QED) is 0.284. The summed E-state index contributed by atoms with van der Waals surface area (Å²) in [5.74, 6) is -3.75. The highest BCUT2D eigenvalue weighted by Crippen LogP contribution is 2.46. The lowest BCUT2D eigenvalue weighted by Gasteiger charge is -2.30. The molecule has 0 aliphatic carbocycles. The van der Waals surface area contributed by atoms with Crippen molar-refractivity contribution in [3.8, 4) is 0 Å². The minimum absolute atomic E-state index is 0.0254. The number of amides is 2. The molecule has 34 heavy (non-hydrogen) atoms. The number of imide groups is 1. The van der Waals surface area contributed by atoms with Crippen LogP contribution >= 0.6 is 0 Å². The van der Waals surface area contributed by atoms with Crippen LogP contribution in [-0.4, -0.2) is 50.8 Å². The van der Waals surface area contributed by atoms with Gasteiger partial charge in [-0.1, -0.05) is 18.2 Å². The number of ketones is 1. The molecule has 12 heteroatoms. The zero-order valence-corrected chi connectivity index (χ0v) is 17.3. The van der Waals surface area contributed by atoms with Gasteiger partial charge in [-0.3, -0.25) is 39.6 Å². The lowest BCUT2D eigenvalue weighted by atomic mass is 9.86. The van der Waals surface area contributed by atoms with Crippen LogP contribution in [0.5, 0.6) is 0 Å². The van der Waals surface area contributed by atoms with Gasteiger partial charge in [0.25, 0.3) is 11.4 Å². The van der Waals surface area contributed by atoms with Crippen LogP contribution in [0.15, 0.2) is 65.8 Å². The monoisotopic (exact) mass is 461 g/mol. The fourth-order valence-corrected chi connectivity index (χ4v) is 4.76. The Morgan fingerprint density at radius 3 is 2.26 bits per heavy atom. The molecule has 12 nitrogen and oxygen atoms in total. The molecule has 2 saturated heterocycles. The van der Waals surface area contributed by atoms with Gasteiger partial charge in [0.15, 0.2) is 5.78 Å². The number of carbonyl (C=O) groups is 3. The SMILES string of the molecule is O=C(c1cccc([N+](=O)[O-])c1)C1C2C(=O)N(c3ccc([N+](=O)[O-])cc3)C(=O)C2C2C=CC=NN21. The van der Waals surface area contributed by atoms with Crippen LogP contribution in [0.3, 0.4) is 0 Å². The van der Waals surface area contributed by atoms with E-state index in [-0.39, 0.29) is 22.6 Å². The third-order valence-electron chi connectivity index (χ3n) is 6.22. The number of Topliss-reactive ketones (excluding diaryl/α,β-unsaturated/α-hetero) is 1. The number of hydrazone groups is 1. The number of allylic oxidation sites excluding steroid dienone is 1. The first-order valence-electron chi connectivity index (χ1n) is 10.2. The number of rotatable bonds is 5. The molecule has 4 atom stereocenters. The number of carbonyl (C=O) groups excluding carboxylic acids is 3. The van der Waals surface area contributed by atoms with Crippen LogP contribution < -0.4 is 4.90 Å². The van der Waals surface area contributed by atoms with E-state index in [1.807, 2.05) is 0 Å². The van der Waals surface area contributed by atoms with Crippen molar-refractivity contribution in [1.82, 2.24) is 5.01 Å². The van der Waals surface area contributed by atoms with E-state index in [2.05, 4.69) is 5.10 Å². The molecule has 0 radical (unpaired) electrons. The number of benzene rings is 2.